The third-order valence-corrected chi connectivity index (χ3v) is 8.82. The van der Waals surface area contributed by atoms with Gasteiger partial charge in [0.15, 0.2) is 0 Å². The summed E-state index contributed by atoms with van der Waals surface area (Å²) in [7, 11) is -2.25. The van der Waals surface area contributed by atoms with Crippen LogP contribution in [0.5, 0.6) is 0 Å². The number of nitrogens with one attached hydrogen (secondary N) is 1. The molecule has 1 atom stereocenters. The van der Waals surface area contributed by atoms with E-state index in [0.29, 0.717) is 54.0 Å². The maximum absolute atomic E-state index is 14.3. The molecule has 0 saturated heterocycles. The number of aryl methyl sites for hydroxylation is 1. The highest BCUT2D eigenvalue weighted by Gasteiger charge is 2.38. The Kier molecular flexibility index (Phi) is 7.47. The second kappa shape index (κ2) is 11.1. The third kappa shape index (κ3) is 5.62. The van der Waals surface area contributed by atoms with E-state index in [1.165, 1.54) is 18.2 Å². The lowest BCUT2D eigenvalue weighted by atomic mass is 9.89. The van der Waals surface area contributed by atoms with Crippen LogP contribution >= 0.6 is 0 Å². The number of hydrogen-bond acceptors (Lipinski definition) is 9. The molecule has 1 fully saturated rings. The summed E-state index contributed by atoms with van der Waals surface area (Å²) in [6.45, 7) is 5.11. The van der Waals surface area contributed by atoms with Crippen LogP contribution in [0.15, 0.2) is 65.5 Å². The average molecular weight is 603 g/mol. The molecule has 43 heavy (non-hydrogen) atoms. The number of aromatic nitrogens is 2. The summed E-state index contributed by atoms with van der Waals surface area (Å²) in [4.78, 5) is 34.0. The Hall–Kier alpha value is -4.22. The fraction of sp³-hybridized carbons (Fsp3) is 0.344. The van der Waals surface area contributed by atoms with Crippen molar-refractivity contribution >= 4 is 38.6 Å². The number of nitrogens with zero attached hydrogens (tertiary/aromatic N) is 3. The Morgan fingerprint density at radius 2 is 1.70 bits per heavy atom. The molecular formula is C32H34N4O6S. The van der Waals surface area contributed by atoms with Gasteiger partial charge in [-0.2, -0.15) is 8.42 Å². The molecule has 0 amide bonds. The van der Waals surface area contributed by atoms with Crippen molar-refractivity contribution < 1.29 is 22.1 Å². The minimum absolute atomic E-state index is 0.175. The number of fused-ring (bicyclic) bond motifs is 2. The second-order valence-corrected chi connectivity index (χ2v) is 13.0. The van der Waals surface area contributed by atoms with Crippen molar-refractivity contribution in [3.63, 3.8) is 0 Å². The number of carbonyl (C=O) groups is 1. The van der Waals surface area contributed by atoms with Crippen LogP contribution in [0.2, 0.25) is 0 Å². The van der Waals surface area contributed by atoms with Crippen LogP contribution in [-0.2, 0) is 32.1 Å². The molecule has 11 heteroatoms. The van der Waals surface area contributed by atoms with Crippen molar-refractivity contribution in [3.05, 3.63) is 98.8 Å². The minimum Gasteiger partial charge on any atom is -0.465 e. The Labute approximate surface area is 250 Å². The molecule has 1 aliphatic heterocycles. The van der Waals surface area contributed by atoms with Crippen molar-refractivity contribution in [1.29, 1.82) is 0 Å². The Morgan fingerprint density at radius 1 is 1.05 bits per heavy atom. The zero-order valence-electron chi connectivity index (χ0n) is 24.5. The van der Waals surface area contributed by atoms with Gasteiger partial charge in [-0.05, 0) is 61.6 Å². The molecule has 0 radical (unpaired) electrons. The maximum atomic E-state index is 14.3. The summed E-state index contributed by atoms with van der Waals surface area (Å²) in [6, 6.07) is 18.6. The molecule has 0 bridgehead atoms. The quantitative estimate of drug-likeness (QED) is 0.223. The largest absolute Gasteiger partial charge is 0.465 e. The molecule has 1 saturated carbocycles. The molecule has 224 valence electrons. The maximum Gasteiger partial charge on any atom is 0.339 e. The topological polar surface area (TPSA) is 120 Å². The number of hydrogen-bond donors (Lipinski definition) is 1. The number of carbonyl (C=O) groups excluding carboxylic acids is 1. The van der Waals surface area contributed by atoms with Gasteiger partial charge in [0.05, 0.1) is 42.0 Å². The highest BCUT2D eigenvalue weighted by atomic mass is 32.2. The van der Waals surface area contributed by atoms with Crippen LogP contribution in [0.25, 0.3) is 10.9 Å². The van der Waals surface area contributed by atoms with Crippen LogP contribution in [0, 0.1) is 6.92 Å². The molecule has 2 heterocycles. The smallest absolute Gasteiger partial charge is 0.339 e. The van der Waals surface area contributed by atoms with Gasteiger partial charge in [-0.15, -0.1) is 0 Å². The van der Waals surface area contributed by atoms with E-state index in [2.05, 4.69) is 22.3 Å². The molecule has 1 N–H and O–H groups in total. The fourth-order valence-corrected chi connectivity index (χ4v) is 6.76. The number of methoxy groups -OCH3 is 1. The molecule has 2 aliphatic rings. The summed E-state index contributed by atoms with van der Waals surface area (Å²) >= 11 is 0. The van der Waals surface area contributed by atoms with E-state index in [4.69, 9.17) is 13.9 Å². The van der Waals surface area contributed by atoms with Gasteiger partial charge in [0.2, 0.25) is 5.95 Å². The van der Waals surface area contributed by atoms with Gasteiger partial charge in [-0.1, -0.05) is 42.5 Å². The van der Waals surface area contributed by atoms with Gasteiger partial charge in [-0.3, -0.25) is 13.5 Å². The van der Waals surface area contributed by atoms with Crippen LogP contribution in [0.4, 0.5) is 11.6 Å². The van der Waals surface area contributed by atoms with E-state index in [1.807, 2.05) is 50.2 Å². The van der Waals surface area contributed by atoms with E-state index >= 15 is 0 Å². The zero-order valence-corrected chi connectivity index (χ0v) is 25.3. The Balaban J connectivity index is 1.45. The van der Waals surface area contributed by atoms with E-state index < -0.39 is 22.2 Å². The molecule has 10 nitrogen and oxygen atoms in total. The number of benzene rings is 3. The van der Waals surface area contributed by atoms with Gasteiger partial charge in [0.1, 0.15) is 0 Å². The van der Waals surface area contributed by atoms with Crippen molar-refractivity contribution in [2.75, 3.05) is 23.6 Å². The first-order valence-electron chi connectivity index (χ1n) is 14.2. The highest BCUT2D eigenvalue weighted by Crippen LogP contribution is 2.39. The number of ether oxygens (including phenoxy) is 1. The van der Waals surface area contributed by atoms with Crippen molar-refractivity contribution in [1.82, 2.24) is 9.55 Å². The number of para-hydroxylation sites is 1. The SMILES string of the molecule is COC(=O)c1ccccc1NC(C)c1cc(C)cc2c(=O)n([C@H]3C[C@@H](OS(C)(=O)=O)C3)c(N3Cc4ccccc4C3)nc12. The highest BCUT2D eigenvalue weighted by molar-refractivity contribution is 7.86. The van der Waals surface area contributed by atoms with Gasteiger partial charge in [0.25, 0.3) is 15.7 Å². The van der Waals surface area contributed by atoms with Gasteiger partial charge >= 0.3 is 5.97 Å². The van der Waals surface area contributed by atoms with Gasteiger partial charge < -0.3 is 15.0 Å². The second-order valence-electron chi connectivity index (χ2n) is 11.4. The van der Waals surface area contributed by atoms with Gasteiger partial charge in [0, 0.05) is 30.4 Å². The molecule has 1 aromatic heterocycles. The predicted octanol–water partition coefficient (Wildman–Crippen LogP) is 4.86. The molecule has 0 spiro atoms. The normalized spacial score (nSPS) is 18.7. The minimum atomic E-state index is -3.60. The summed E-state index contributed by atoms with van der Waals surface area (Å²) in [5.41, 5.74) is 5.51. The number of anilines is 2. The van der Waals surface area contributed by atoms with Crippen molar-refractivity contribution in [2.45, 2.75) is 58.0 Å². The van der Waals surface area contributed by atoms with Crippen molar-refractivity contribution in [2.24, 2.45) is 0 Å². The van der Waals surface area contributed by atoms with E-state index in [-0.39, 0.29) is 17.6 Å². The van der Waals surface area contributed by atoms with Crippen LogP contribution in [-0.4, -0.2) is 43.4 Å². The Bertz CT molecular complexity index is 1870. The molecule has 6 rings (SSSR count). The summed E-state index contributed by atoms with van der Waals surface area (Å²) in [6.07, 6.45) is 1.36. The molecular weight excluding hydrogens is 568 g/mol. The average Bonchev–Trinajstić information content (AvgIpc) is 3.38. The standard InChI is InChI=1S/C32H34N4O6S/c1-19-13-26(20(2)33-28-12-8-7-11-25(28)31(38)41-3)29-27(14-19)30(37)36(23-15-24(16-23)42-43(4,39)40)32(34-29)35-17-21-9-5-6-10-22(21)18-35/h5-14,20,23-24,33H,15-18H2,1-4H3/t20?,23-,24+. The lowest BCUT2D eigenvalue weighted by Crippen LogP contribution is -2.41. The van der Waals surface area contributed by atoms with E-state index in [0.717, 1.165) is 17.4 Å². The van der Waals surface area contributed by atoms with Gasteiger partial charge in [-0.25, -0.2) is 9.78 Å². The molecule has 3 aromatic carbocycles. The van der Waals surface area contributed by atoms with Crippen LogP contribution in [0.1, 0.15) is 64.5 Å². The van der Waals surface area contributed by atoms with E-state index in [9.17, 15) is 18.0 Å². The first-order valence-corrected chi connectivity index (χ1v) is 16.0. The lowest BCUT2D eigenvalue weighted by Gasteiger charge is -2.37. The lowest BCUT2D eigenvalue weighted by molar-refractivity contribution is 0.0601. The Morgan fingerprint density at radius 3 is 2.35 bits per heavy atom. The van der Waals surface area contributed by atoms with Crippen molar-refractivity contribution in [3.8, 4) is 0 Å². The first-order chi connectivity index (χ1) is 20.5. The predicted molar refractivity (Wildman–Crippen MR) is 165 cm³/mol. The summed E-state index contributed by atoms with van der Waals surface area (Å²) in [5.74, 6) is 0.101. The van der Waals surface area contributed by atoms with E-state index in [1.54, 1.807) is 16.7 Å². The van der Waals surface area contributed by atoms with Crippen LogP contribution in [0.3, 0.4) is 0 Å². The third-order valence-electron chi connectivity index (χ3n) is 8.20. The first kappa shape index (κ1) is 28.9. The summed E-state index contributed by atoms with van der Waals surface area (Å²) in [5, 5.41) is 3.92. The van der Waals surface area contributed by atoms with Crippen LogP contribution < -0.4 is 15.8 Å². The summed E-state index contributed by atoms with van der Waals surface area (Å²) < 4.78 is 35.4. The fourth-order valence-electron chi connectivity index (χ4n) is 6.11. The number of esters is 1. The molecule has 1 aliphatic carbocycles. The monoisotopic (exact) mass is 602 g/mol. The molecule has 1 unspecified atom stereocenters. The molecule has 4 aromatic rings. The number of rotatable bonds is 8. The zero-order chi connectivity index (χ0) is 30.5.